The SMILES string of the molecule is CSc1cc(C(=O)N2CC[C@@H]3CNC[C@@H]3CC2)c(Cl)cc1Cl. The maximum Gasteiger partial charge on any atom is 0.255 e. The number of fused-ring (bicyclic) bond motifs is 1. The van der Waals surface area contributed by atoms with Crippen molar-refractivity contribution in [2.24, 2.45) is 11.8 Å². The van der Waals surface area contributed by atoms with Crippen molar-refractivity contribution >= 4 is 40.9 Å². The molecule has 120 valence electrons. The van der Waals surface area contributed by atoms with E-state index in [1.54, 1.807) is 6.07 Å². The van der Waals surface area contributed by atoms with Gasteiger partial charge < -0.3 is 10.2 Å². The summed E-state index contributed by atoms with van der Waals surface area (Å²) >= 11 is 13.9. The summed E-state index contributed by atoms with van der Waals surface area (Å²) in [4.78, 5) is 15.7. The molecule has 1 N–H and O–H groups in total. The van der Waals surface area contributed by atoms with Gasteiger partial charge in [-0.1, -0.05) is 23.2 Å². The van der Waals surface area contributed by atoms with Gasteiger partial charge in [-0.05, 0) is 56.2 Å². The van der Waals surface area contributed by atoms with Gasteiger partial charge in [-0.2, -0.15) is 0 Å². The average molecular weight is 359 g/mol. The van der Waals surface area contributed by atoms with Gasteiger partial charge in [0.2, 0.25) is 0 Å². The number of nitrogens with zero attached hydrogens (tertiary/aromatic N) is 1. The predicted molar refractivity (Wildman–Crippen MR) is 93.2 cm³/mol. The number of amides is 1. The first-order valence-corrected chi connectivity index (χ1v) is 9.61. The molecule has 1 amide bonds. The van der Waals surface area contributed by atoms with Crippen molar-refractivity contribution < 1.29 is 4.79 Å². The number of nitrogens with one attached hydrogen (secondary N) is 1. The fourth-order valence-corrected chi connectivity index (χ4v) is 4.63. The summed E-state index contributed by atoms with van der Waals surface area (Å²) < 4.78 is 0. The zero-order valence-corrected chi connectivity index (χ0v) is 14.9. The number of benzene rings is 1. The fourth-order valence-electron chi connectivity index (χ4n) is 3.44. The summed E-state index contributed by atoms with van der Waals surface area (Å²) in [6, 6.07) is 3.50. The van der Waals surface area contributed by atoms with Gasteiger partial charge in [-0.25, -0.2) is 0 Å². The van der Waals surface area contributed by atoms with Crippen LogP contribution >= 0.6 is 35.0 Å². The third-order valence-electron chi connectivity index (χ3n) is 4.78. The Morgan fingerprint density at radius 1 is 1.18 bits per heavy atom. The van der Waals surface area contributed by atoms with Crippen molar-refractivity contribution in [3.05, 3.63) is 27.7 Å². The van der Waals surface area contributed by atoms with Gasteiger partial charge in [0.1, 0.15) is 0 Å². The third kappa shape index (κ3) is 3.25. The average Bonchev–Trinajstić information content (AvgIpc) is 2.85. The van der Waals surface area contributed by atoms with Crippen molar-refractivity contribution in [3.63, 3.8) is 0 Å². The summed E-state index contributed by atoms with van der Waals surface area (Å²) in [6.45, 7) is 3.81. The largest absolute Gasteiger partial charge is 0.339 e. The molecule has 0 saturated carbocycles. The lowest BCUT2D eigenvalue weighted by molar-refractivity contribution is 0.0758. The van der Waals surface area contributed by atoms with Crippen LogP contribution in [0.15, 0.2) is 17.0 Å². The lowest BCUT2D eigenvalue weighted by Crippen LogP contribution is -2.33. The molecule has 0 aliphatic carbocycles. The first-order chi connectivity index (χ1) is 10.6. The maximum atomic E-state index is 12.8. The van der Waals surface area contributed by atoms with E-state index in [1.165, 1.54) is 11.8 Å². The Labute approximate surface area is 145 Å². The molecule has 6 heteroatoms. The number of hydrogen-bond acceptors (Lipinski definition) is 3. The molecule has 1 aromatic rings. The van der Waals surface area contributed by atoms with Crippen LogP contribution in [0, 0.1) is 11.8 Å². The number of carbonyl (C=O) groups is 1. The fraction of sp³-hybridized carbons (Fsp3) is 0.562. The van der Waals surface area contributed by atoms with E-state index in [2.05, 4.69) is 5.32 Å². The number of hydrogen-bond donors (Lipinski definition) is 1. The van der Waals surface area contributed by atoms with Gasteiger partial charge in [0, 0.05) is 18.0 Å². The smallest absolute Gasteiger partial charge is 0.255 e. The van der Waals surface area contributed by atoms with Crippen LogP contribution in [0.1, 0.15) is 23.2 Å². The zero-order chi connectivity index (χ0) is 15.7. The number of halogens is 2. The molecule has 0 radical (unpaired) electrons. The van der Waals surface area contributed by atoms with Gasteiger partial charge in [-0.3, -0.25) is 4.79 Å². The van der Waals surface area contributed by atoms with E-state index in [4.69, 9.17) is 23.2 Å². The Bertz CT molecular complexity index is 568. The highest BCUT2D eigenvalue weighted by atomic mass is 35.5. The van der Waals surface area contributed by atoms with Crippen molar-refractivity contribution in [3.8, 4) is 0 Å². The van der Waals surface area contributed by atoms with Crippen LogP contribution < -0.4 is 5.32 Å². The molecule has 22 heavy (non-hydrogen) atoms. The summed E-state index contributed by atoms with van der Waals surface area (Å²) in [5.41, 5.74) is 0.570. The monoisotopic (exact) mass is 358 g/mol. The molecule has 2 atom stereocenters. The van der Waals surface area contributed by atoms with Crippen LogP contribution in [0.5, 0.6) is 0 Å². The second-order valence-corrected chi connectivity index (χ2v) is 7.68. The highest BCUT2D eigenvalue weighted by Crippen LogP contribution is 2.33. The minimum atomic E-state index is 0.0323. The topological polar surface area (TPSA) is 32.3 Å². The van der Waals surface area contributed by atoms with Crippen molar-refractivity contribution in [1.29, 1.82) is 0 Å². The summed E-state index contributed by atoms with van der Waals surface area (Å²) in [7, 11) is 0. The summed E-state index contributed by atoms with van der Waals surface area (Å²) in [6.07, 6.45) is 4.09. The number of thioether (sulfide) groups is 1. The highest BCUT2D eigenvalue weighted by Gasteiger charge is 2.32. The van der Waals surface area contributed by atoms with Crippen molar-refractivity contribution in [2.75, 3.05) is 32.4 Å². The summed E-state index contributed by atoms with van der Waals surface area (Å²) in [5.74, 6) is 1.45. The van der Waals surface area contributed by atoms with Crippen LogP contribution in [-0.2, 0) is 0 Å². The van der Waals surface area contributed by atoms with Gasteiger partial charge >= 0.3 is 0 Å². The minimum absolute atomic E-state index is 0.0323. The quantitative estimate of drug-likeness (QED) is 0.816. The number of carbonyl (C=O) groups excluding carboxylic acids is 1. The molecule has 3 nitrogen and oxygen atoms in total. The molecular formula is C16H20Cl2N2OS. The highest BCUT2D eigenvalue weighted by molar-refractivity contribution is 7.98. The third-order valence-corrected chi connectivity index (χ3v) is 6.29. The van der Waals surface area contributed by atoms with Crippen LogP contribution in [-0.4, -0.2) is 43.2 Å². The molecule has 2 saturated heterocycles. The molecule has 0 spiro atoms. The van der Waals surface area contributed by atoms with E-state index < -0.39 is 0 Å². The van der Waals surface area contributed by atoms with E-state index in [9.17, 15) is 4.79 Å². The van der Waals surface area contributed by atoms with Crippen LogP contribution in [0.4, 0.5) is 0 Å². The Balaban J connectivity index is 1.79. The molecule has 2 heterocycles. The van der Waals surface area contributed by atoms with E-state index >= 15 is 0 Å². The molecule has 3 rings (SSSR count). The zero-order valence-electron chi connectivity index (χ0n) is 12.6. The van der Waals surface area contributed by atoms with Crippen molar-refractivity contribution in [2.45, 2.75) is 17.7 Å². The Hall–Kier alpha value is -0.420. The minimum Gasteiger partial charge on any atom is -0.339 e. The van der Waals surface area contributed by atoms with Gasteiger partial charge in [0.15, 0.2) is 0 Å². The molecule has 2 fully saturated rings. The van der Waals surface area contributed by atoms with Gasteiger partial charge in [0.25, 0.3) is 5.91 Å². The van der Waals surface area contributed by atoms with E-state index in [1.807, 2.05) is 17.2 Å². The van der Waals surface area contributed by atoms with E-state index in [-0.39, 0.29) is 5.91 Å². The Kier molecular flexibility index (Phi) is 5.23. The lowest BCUT2D eigenvalue weighted by atomic mass is 9.92. The first-order valence-electron chi connectivity index (χ1n) is 7.63. The normalized spacial score (nSPS) is 25.0. The molecule has 2 aliphatic heterocycles. The number of likely N-dealkylation sites (tertiary alicyclic amines) is 1. The number of rotatable bonds is 2. The molecular weight excluding hydrogens is 339 g/mol. The second-order valence-electron chi connectivity index (χ2n) is 6.01. The molecule has 0 bridgehead atoms. The molecule has 0 unspecified atom stereocenters. The molecule has 2 aliphatic rings. The summed E-state index contributed by atoms with van der Waals surface area (Å²) in [5, 5.41) is 4.50. The van der Waals surface area contributed by atoms with Crippen LogP contribution in [0.3, 0.4) is 0 Å². The molecule has 0 aromatic heterocycles. The van der Waals surface area contributed by atoms with Crippen LogP contribution in [0.2, 0.25) is 10.0 Å². The van der Waals surface area contributed by atoms with Crippen LogP contribution in [0.25, 0.3) is 0 Å². The van der Waals surface area contributed by atoms with E-state index in [0.29, 0.717) is 27.4 Å². The second kappa shape index (κ2) is 7.00. The standard InChI is InChI=1S/C16H20Cl2N2OS/c1-22-15-6-12(13(17)7-14(15)18)16(21)20-4-2-10-8-19-9-11(10)3-5-20/h6-7,10-11,19H,2-5,8-9H2,1H3/t10-,11+. The van der Waals surface area contributed by atoms with Gasteiger partial charge in [-0.15, -0.1) is 11.8 Å². The van der Waals surface area contributed by atoms with Crippen molar-refractivity contribution in [1.82, 2.24) is 10.2 Å². The molecule has 1 aromatic carbocycles. The first kappa shape index (κ1) is 16.4. The Morgan fingerprint density at radius 2 is 1.82 bits per heavy atom. The van der Waals surface area contributed by atoms with E-state index in [0.717, 1.165) is 43.9 Å². The predicted octanol–water partition coefficient (Wildman–Crippen LogP) is 3.79. The maximum absolute atomic E-state index is 12.8. The lowest BCUT2D eigenvalue weighted by Gasteiger charge is -2.22. The Morgan fingerprint density at radius 3 is 2.41 bits per heavy atom. The van der Waals surface area contributed by atoms with Gasteiger partial charge in [0.05, 0.1) is 15.6 Å².